The van der Waals surface area contributed by atoms with Gasteiger partial charge >= 0.3 is 12.7 Å². The minimum atomic E-state index is -3.05. The average molecular weight is 411 g/mol. The lowest BCUT2D eigenvalue weighted by molar-refractivity contribution is -0.160. The fourth-order valence-electron chi connectivity index (χ4n) is 3.25. The number of halogens is 2. The molecule has 0 spiro atoms. The van der Waals surface area contributed by atoms with Crippen LogP contribution in [0.15, 0.2) is 24.5 Å². The van der Waals surface area contributed by atoms with Crippen molar-refractivity contribution in [2.45, 2.75) is 31.7 Å². The minimum Gasteiger partial charge on any atom is -0.465 e. The molecule has 2 atom stereocenters. The Morgan fingerprint density at radius 2 is 2.17 bits per heavy atom. The third-order valence-electron chi connectivity index (χ3n) is 4.50. The van der Waals surface area contributed by atoms with Crippen LogP contribution in [0, 0.1) is 0 Å². The van der Waals surface area contributed by atoms with Crippen LogP contribution in [0.2, 0.25) is 0 Å². The van der Waals surface area contributed by atoms with Crippen LogP contribution in [0.25, 0.3) is 10.9 Å². The van der Waals surface area contributed by atoms with Gasteiger partial charge in [-0.2, -0.15) is 8.78 Å². The van der Waals surface area contributed by atoms with Gasteiger partial charge in [0.1, 0.15) is 12.6 Å². The van der Waals surface area contributed by atoms with Crippen molar-refractivity contribution in [3.63, 3.8) is 0 Å². The highest BCUT2D eigenvalue weighted by molar-refractivity contribution is 5.90. The quantitative estimate of drug-likeness (QED) is 0.528. The Balaban J connectivity index is 1.65. The zero-order chi connectivity index (χ0) is 21.0. The van der Waals surface area contributed by atoms with Crippen molar-refractivity contribution < 1.29 is 33.0 Å². The first-order valence-corrected chi connectivity index (χ1v) is 8.72. The van der Waals surface area contributed by atoms with Crippen molar-refractivity contribution >= 4 is 28.8 Å². The number of nitrogens with one attached hydrogen (secondary N) is 3. The topological polar surface area (TPSA) is 137 Å². The van der Waals surface area contributed by atoms with E-state index in [1.165, 1.54) is 0 Å². The number of likely N-dealkylation sites (tertiary alicyclic amines) is 1. The lowest BCUT2D eigenvalue weighted by Crippen LogP contribution is -2.48. The van der Waals surface area contributed by atoms with Crippen molar-refractivity contribution in [1.29, 1.82) is 0 Å². The number of carboxylic acid groups (broad SMARTS) is 1. The zero-order valence-corrected chi connectivity index (χ0v) is 15.1. The Morgan fingerprint density at radius 1 is 1.38 bits per heavy atom. The number of hydrogen-bond acceptors (Lipinski definition) is 5. The van der Waals surface area contributed by atoms with E-state index < -0.39 is 43.2 Å². The number of H-pyrrole nitrogens is 1. The van der Waals surface area contributed by atoms with Crippen molar-refractivity contribution in [2.75, 3.05) is 13.1 Å². The molecule has 1 aliphatic heterocycles. The van der Waals surface area contributed by atoms with Crippen LogP contribution in [0.5, 0.6) is 0 Å². The van der Waals surface area contributed by atoms with Crippen LogP contribution in [0.1, 0.15) is 12.1 Å². The summed E-state index contributed by atoms with van der Waals surface area (Å²) in [5.74, 6) is -1.25. The molecule has 3 amide bonds. The molecule has 2 aromatic rings. The molecule has 156 valence electrons. The number of alkyl halides is 2. The SMILES string of the molecule is O=C(O)NCC(=O)N1C[C@H](OC(F)F)C[C@H]1C(=O)NCc1cc2cnccc2[nH]1. The van der Waals surface area contributed by atoms with E-state index in [1.54, 1.807) is 24.5 Å². The summed E-state index contributed by atoms with van der Waals surface area (Å²) in [6, 6.07) is 2.53. The number of ether oxygens (including phenoxy) is 1. The van der Waals surface area contributed by atoms with Gasteiger partial charge in [0.25, 0.3) is 0 Å². The molecule has 0 aliphatic carbocycles. The lowest BCUT2D eigenvalue weighted by Gasteiger charge is -2.23. The molecule has 0 radical (unpaired) electrons. The van der Waals surface area contributed by atoms with E-state index in [0.717, 1.165) is 15.8 Å². The Labute approximate surface area is 163 Å². The van der Waals surface area contributed by atoms with Gasteiger partial charge < -0.3 is 30.4 Å². The van der Waals surface area contributed by atoms with E-state index >= 15 is 0 Å². The second-order valence-corrected chi connectivity index (χ2v) is 6.45. The lowest BCUT2D eigenvalue weighted by atomic mass is 10.2. The summed E-state index contributed by atoms with van der Waals surface area (Å²) < 4.78 is 29.5. The van der Waals surface area contributed by atoms with E-state index in [0.29, 0.717) is 5.69 Å². The normalized spacial score (nSPS) is 18.9. The zero-order valence-electron chi connectivity index (χ0n) is 15.1. The fourth-order valence-corrected chi connectivity index (χ4v) is 3.25. The first-order chi connectivity index (χ1) is 13.8. The first kappa shape index (κ1) is 20.5. The number of fused-ring (bicyclic) bond motifs is 1. The maximum absolute atomic E-state index is 12.6. The molecular formula is C17H19F2N5O5. The van der Waals surface area contributed by atoms with Gasteiger partial charge in [0, 0.05) is 42.0 Å². The molecule has 29 heavy (non-hydrogen) atoms. The number of aromatic nitrogens is 2. The summed E-state index contributed by atoms with van der Waals surface area (Å²) in [6.45, 7) is -3.73. The minimum absolute atomic E-state index is 0.119. The molecule has 1 aliphatic rings. The smallest absolute Gasteiger partial charge is 0.405 e. The number of nitrogens with zero attached hydrogens (tertiary/aromatic N) is 2. The van der Waals surface area contributed by atoms with Gasteiger partial charge in [0.05, 0.1) is 12.6 Å². The van der Waals surface area contributed by atoms with E-state index in [4.69, 9.17) is 5.11 Å². The Bertz CT molecular complexity index is 872. The molecule has 3 rings (SSSR count). The number of rotatable bonds is 7. The Morgan fingerprint density at radius 3 is 2.86 bits per heavy atom. The number of carbonyl (C=O) groups excluding carboxylic acids is 2. The van der Waals surface area contributed by atoms with E-state index in [2.05, 4.69) is 20.0 Å². The number of carbonyl (C=O) groups is 3. The van der Waals surface area contributed by atoms with E-state index in [-0.39, 0.29) is 19.5 Å². The second-order valence-electron chi connectivity index (χ2n) is 6.45. The van der Waals surface area contributed by atoms with Gasteiger partial charge in [0.2, 0.25) is 11.8 Å². The molecule has 1 fully saturated rings. The van der Waals surface area contributed by atoms with Crippen molar-refractivity contribution in [1.82, 2.24) is 25.5 Å². The molecule has 10 nitrogen and oxygen atoms in total. The Kier molecular flexibility index (Phi) is 6.22. The van der Waals surface area contributed by atoms with Gasteiger partial charge in [-0.15, -0.1) is 0 Å². The molecule has 0 aromatic carbocycles. The van der Waals surface area contributed by atoms with Gasteiger partial charge in [0.15, 0.2) is 0 Å². The molecule has 0 unspecified atom stereocenters. The molecule has 4 N–H and O–H groups in total. The molecule has 0 saturated carbocycles. The van der Waals surface area contributed by atoms with Crippen molar-refractivity contribution in [3.8, 4) is 0 Å². The number of pyridine rings is 1. The third-order valence-corrected chi connectivity index (χ3v) is 4.50. The first-order valence-electron chi connectivity index (χ1n) is 8.72. The maximum atomic E-state index is 12.6. The monoisotopic (exact) mass is 411 g/mol. The van der Waals surface area contributed by atoms with Crippen LogP contribution >= 0.6 is 0 Å². The van der Waals surface area contributed by atoms with Crippen LogP contribution < -0.4 is 10.6 Å². The Hall–Kier alpha value is -3.28. The summed E-state index contributed by atoms with van der Waals surface area (Å²) in [5.41, 5.74) is 1.54. The summed E-state index contributed by atoms with van der Waals surface area (Å²) in [7, 11) is 0. The van der Waals surface area contributed by atoms with Crippen LogP contribution in [-0.2, 0) is 20.9 Å². The van der Waals surface area contributed by atoms with Gasteiger partial charge in [-0.25, -0.2) is 4.79 Å². The van der Waals surface area contributed by atoms with Crippen molar-refractivity contribution in [3.05, 3.63) is 30.2 Å². The summed E-state index contributed by atoms with van der Waals surface area (Å²) in [4.78, 5) is 43.6. The van der Waals surface area contributed by atoms with E-state index in [1.807, 2.05) is 5.32 Å². The number of amides is 3. The molecule has 3 heterocycles. The predicted molar refractivity (Wildman–Crippen MR) is 95.0 cm³/mol. The summed E-state index contributed by atoms with van der Waals surface area (Å²) in [6.07, 6.45) is 0.727. The molecule has 2 aromatic heterocycles. The molecule has 1 saturated heterocycles. The van der Waals surface area contributed by atoms with Crippen LogP contribution in [-0.4, -0.2) is 69.7 Å². The largest absolute Gasteiger partial charge is 0.465 e. The fraction of sp³-hybridized carbons (Fsp3) is 0.412. The van der Waals surface area contributed by atoms with E-state index in [9.17, 15) is 23.2 Å². The molecular weight excluding hydrogens is 392 g/mol. The highest BCUT2D eigenvalue weighted by Crippen LogP contribution is 2.23. The third kappa shape index (κ3) is 5.16. The molecule has 0 bridgehead atoms. The van der Waals surface area contributed by atoms with Gasteiger partial charge in [-0.05, 0) is 12.1 Å². The number of aromatic amines is 1. The predicted octanol–water partition coefficient (Wildman–Crippen LogP) is 0.655. The average Bonchev–Trinajstić information content (AvgIpc) is 3.27. The summed E-state index contributed by atoms with van der Waals surface area (Å²) >= 11 is 0. The maximum Gasteiger partial charge on any atom is 0.405 e. The number of hydrogen-bond donors (Lipinski definition) is 4. The summed E-state index contributed by atoms with van der Waals surface area (Å²) in [5, 5.41) is 14.1. The van der Waals surface area contributed by atoms with Crippen molar-refractivity contribution in [2.24, 2.45) is 0 Å². The van der Waals surface area contributed by atoms with Crippen LogP contribution in [0.4, 0.5) is 13.6 Å². The standard InChI is InChI=1S/C17H19F2N5O5/c18-16(19)29-11-4-13(24(8-11)14(25)7-22-17(27)28)15(26)21-6-10-3-9-5-20-2-1-12(9)23-10/h1-3,5,11,13,16,22-23H,4,6-8H2,(H,21,26)(H,27,28)/t11-,13+/m1/s1. The van der Waals surface area contributed by atoms with Gasteiger partial charge in [-0.3, -0.25) is 14.6 Å². The molecule has 12 heteroatoms. The highest BCUT2D eigenvalue weighted by atomic mass is 19.3. The van der Waals surface area contributed by atoms with Crippen LogP contribution in [0.3, 0.4) is 0 Å². The highest BCUT2D eigenvalue weighted by Gasteiger charge is 2.41. The van der Waals surface area contributed by atoms with Gasteiger partial charge in [-0.1, -0.05) is 0 Å². The second kappa shape index (κ2) is 8.82.